The van der Waals surface area contributed by atoms with E-state index in [0.717, 1.165) is 18.5 Å². The lowest BCUT2D eigenvalue weighted by molar-refractivity contribution is 0.215. The number of benzene rings is 1. The molecule has 18 heavy (non-hydrogen) atoms. The van der Waals surface area contributed by atoms with E-state index in [2.05, 4.69) is 30.0 Å². The van der Waals surface area contributed by atoms with E-state index in [1.807, 2.05) is 18.2 Å². The van der Waals surface area contributed by atoms with Gasteiger partial charge in [0.1, 0.15) is 0 Å². The average Bonchev–Trinajstić information content (AvgIpc) is 2.47. The molecule has 0 amide bonds. The van der Waals surface area contributed by atoms with E-state index < -0.39 is 0 Å². The normalized spacial score (nSPS) is 20.0. The standard InChI is InChI=1S/C16H22N2/c1-16(14-17,15-8-4-2-5-9-15)10-13-18-11-6-3-7-12-18/h2,4-5,8-9H,3,6-7,10-13H2,1H3/t16-/m0/s1. The highest BCUT2D eigenvalue weighted by Gasteiger charge is 2.27. The molecule has 96 valence electrons. The molecule has 2 nitrogen and oxygen atoms in total. The number of piperidine rings is 1. The third-order valence-corrected chi connectivity index (χ3v) is 4.03. The van der Waals surface area contributed by atoms with Gasteiger partial charge in [-0.25, -0.2) is 0 Å². The maximum Gasteiger partial charge on any atom is 0.0806 e. The summed E-state index contributed by atoms with van der Waals surface area (Å²) < 4.78 is 0. The number of likely N-dealkylation sites (tertiary alicyclic amines) is 1. The molecule has 1 aliphatic rings. The predicted octanol–water partition coefficient (Wildman–Crippen LogP) is 3.34. The van der Waals surface area contributed by atoms with Gasteiger partial charge in [-0.2, -0.15) is 5.26 Å². The van der Waals surface area contributed by atoms with Gasteiger partial charge in [0.05, 0.1) is 11.5 Å². The van der Waals surface area contributed by atoms with Crippen LogP contribution in [0.1, 0.15) is 38.2 Å². The van der Waals surface area contributed by atoms with E-state index in [9.17, 15) is 5.26 Å². The van der Waals surface area contributed by atoms with Gasteiger partial charge in [0, 0.05) is 0 Å². The van der Waals surface area contributed by atoms with Crippen LogP contribution in [0.15, 0.2) is 30.3 Å². The Morgan fingerprint density at radius 2 is 1.83 bits per heavy atom. The van der Waals surface area contributed by atoms with E-state index in [1.165, 1.54) is 32.4 Å². The number of rotatable bonds is 4. The van der Waals surface area contributed by atoms with Crippen molar-refractivity contribution in [2.24, 2.45) is 0 Å². The first-order chi connectivity index (χ1) is 8.74. The van der Waals surface area contributed by atoms with Crippen LogP contribution < -0.4 is 0 Å². The summed E-state index contributed by atoms with van der Waals surface area (Å²) in [5.41, 5.74) is 0.795. The van der Waals surface area contributed by atoms with Crippen LogP contribution in [0, 0.1) is 11.3 Å². The van der Waals surface area contributed by atoms with Gasteiger partial charge in [-0.15, -0.1) is 0 Å². The molecule has 0 unspecified atom stereocenters. The number of hydrogen-bond acceptors (Lipinski definition) is 2. The first kappa shape index (κ1) is 13.1. The van der Waals surface area contributed by atoms with E-state index in [4.69, 9.17) is 0 Å². The summed E-state index contributed by atoms with van der Waals surface area (Å²) in [6, 6.07) is 12.7. The Balaban J connectivity index is 1.98. The summed E-state index contributed by atoms with van der Waals surface area (Å²) >= 11 is 0. The molecule has 1 atom stereocenters. The molecule has 1 aromatic rings. The average molecular weight is 242 g/mol. The number of nitrogens with zero attached hydrogens (tertiary/aromatic N) is 2. The van der Waals surface area contributed by atoms with Crippen LogP contribution in [-0.2, 0) is 5.41 Å². The van der Waals surface area contributed by atoms with Crippen LogP contribution >= 0.6 is 0 Å². The van der Waals surface area contributed by atoms with Crippen molar-refractivity contribution in [2.75, 3.05) is 19.6 Å². The zero-order chi connectivity index (χ0) is 12.8. The molecule has 2 rings (SSSR count). The van der Waals surface area contributed by atoms with Gasteiger partial charge in [0.15, 0.2) is 0 Å². The number of hydrogen-bond donors (Lipinski definition) is 0. The van der Waals surface area contributed by atoms with Crippen molar-refractivity contribution < 1.29 is 0 Å². The van der Waals surface area contributed by atoms with Crippen molar-refractivity contribution >= 4 is 0 Å². The topological polar surface area (TPSA) is 27.0 Å². The minimum Gasteiger partial charge on any atom is -0.303 e. The van der Waals surface area contributed by atoms with Crippen LogP contribution in [0.3, 0.4) is 0 Å². The second-order valence-corrected chi connectivity index (χ2v) is 5.46. The predicted molar refractivity (Wildman–Crippen MR) is 74.3 cm³/mol. The monoisotopic (exact) mass is 242 g/mol. The van der Waals surface area contributed by atoms with Crippen LogP contribution in [0.4, 0.5) is 0 Å². The summed E-state index contributed by atoms with van der Waals surface area (Å²) in [5, 5.41) is 9.50. The van der Waals surface area contributed by atoms with Crippen molar-refractivity contribution in [2.45, 2.75) is 38.0 Å². The molecular formula is C16H22N2. The third kappa shape index (κ3) is 3.11. The molecule has 1 aliphatic heterocycles. The Morgan fingerprint density at radius 3 is 2.44 bits per heavy atom. The van der Waals surface area contributed by atoms with Gasteiger partial charge in [0.2, 0.25) is 0 Å². The molecule has 0 N–H and O–H groups in total. The highest BCUT2D eigenvalue weighted by Crippen LogP contribution is 2.27. The van der Waals surface area contributed by atoms with Crippen LogP contribution in [-0.4, -0.2) is 24.5 Å². The first-order valence-corrected chi connectivity index (χ1v) is 6.94. The van der Waals surface area contributed by atoms with E-state index in [-0.39, 0.29) is 5.41 Å². The highest BCUT2D eigenvalue weighted by atomic mass is 15.1. The molecule has 0 aliphatic carbocycles. The van der Waals surface area contributed by atoms with E-state index >= 15 is 0 Å². The van der Waals surface area contributed by atoms with Gasteiger partial charge in [-0.1, -0.05) is 36.8 Å². The van der Waals surface area contributed by atoms with Gasteiger partial charge in [0.25, 0.3) is 0 Å². The Bertz CT molecular complexity index is 401. The lowest BCUT2D eigenvalue weighted by Gasteiger charge is -2.30. The minimum absolute atomic E-state index is 0.349. The highest BCUT2D eigenvalue weighted by molar-refractivity contribution is 5.30. The van der Waals surface area contributed by atoms with Crippen LogP contribution in [0.2, 0.25) is 0 Å². The summed E-state index contributed by atoms with van der Waals surface area (Å²) in [4.78, 5) is 2.50. The number of nitriles is 1. The van der Waals surface area contributed by atoms with Gasteiger partial charge in [-0.05, 0) is 51.4 Å². The fourth-order valence-corrected chi connectivity index (χ4v) is 2.64. The minimum atomic E-state index is -0.349. The zero-order valence-electron chi connectivity index (χ0n) is 11.2. The lowest BCUT2D eigenvalue weighted by Crippen LogP contribution is -2.34. The second kappa shape index (κ2) is 6.02. The first-order valence-electron chi connectivity index (χ1n) is 6.94. The Morgan fingerprint density at radius 1 is 1.17 bits per heavy atom. The molecule has 1 saturated heterocycles. The fraction of sp³-hybridized carbons (Fsp3) is 0.562. The molecular weight excluding hydrogens is 220 g/mol. The summed E-state index contributed by atoms with van der Waals surface area (Å²) in [6.07, 6.45) is 4.92. The molecule has 0 spiro atoms. The molecule has 0 saturated carbocycles. The fourth-order valence-electron chi connectivity index (χ4n) is 2.64. The maximum absolute atomic E-state index is 9.50. The lowest BCUT2D eigenvalue weighted by atomic mass is 9.81. The Labute approximate surface area is 110 Å². The third-order valence-electron chi connectivity index (χ3n) is 4.03. The van der Waals surface area contributed by atoms with Crippen LogP contribution in [0.25, 0.3) is 0 Å². The van der Waals surface area contributed by atoms with Gasteiger partial charge >= 0.3 is 0 Å². The van der Waals surface area contributed by atoms with E-state index in [1.54, 1.807) is 0 Å². The van der Waals surface area contributed by atoms with Crippen molar-refractivity contribution in [1.82, 2.24) is 4.90 Å². The Hall–Kier alpha value is -1.33. The molecule has 0 bridgehead atoms. The summed E-state index contributed by atoms with van der Waals surface area (Å²) in [6.45, 7) is 5.51. The van der Waals surface area contributed by atoms with Crippen molar-refractivity contribution in [3.63, 3.8) is 0 Å². The summed E-state index contributed by atoms with van der Waals surface area (Å²) in [5.74, 6) is 0. The largest absolute Gasteiger partial charge is 0.303 e. The molecule has 0 aromatic heterocycles. The van der Waals surface area contributed by atoms with Gasteiger partial charge in [-0.3, -0.25) is 0 Å². The molecule has 1 heterocycles. The molecule has 2 heteroatoms. The van der Waals surface area contributed by atoms with Crippen molar-refractivity contribution in [1.29, 1.82) is 5.26 Å². The van der Waals surface area contributed by atoms with Crippen LogP contribution in [0.5, 0.6) is 0 Å². The van der Waals surface area contributed by atoms with Crippen molar-refractivity contribution in [3.05, 3.63) is 35.9 Å². The smallest absolute Gasteiger partial charge is 0.0806 e. The van der Waals surface area contributed by atoms with Gasteiger partial charge < -0.3 is 4.90 Å². The summed E-state index contributed by atoms with van der Waals surface area (Å²) in [7, 11) is 0. The quantitative estimate of drug-likeness (QED) is 0.809. The van der Waals surface area contributed by atoms with E-state index in [0.29, 0.717) is 0 Å². The Kier molecular flexibility index (Phi) is 4.38. The molecule has 1 aromatic carbocycles. The molecule has 1 fully saturated rings. The SMILES string of the molecule is C[C@@](C#N)(CCN1CCCCC1)c1ccccc1. The zero-order valence-corrected chi connectivity index (χ0v) is 11.2. The maximum atomic E-state index is 9.50. The molecule has 0 radical (unpaired) electrons. The van der Waals surface area contributed by atoms with Crippen molar-refractivity contribution in [3.8, 4) is 6.07 Å². The second-order valence-electron chi connectivity index (χ2n) is 5.46.